The van der Waals surface area contributed by atoms with Gasteiger partial charge in [0.2, 0.25) is 4.77 Å². The van der Waals surface area contributed by atoms with E-state index in [2.05, 4.69) is 82.2 Å². The smallest absolute Gasteiger partial charge is 0.216 e. The van der Waals surface area contributed by atoms with Crippen LogP contribution in [0.4, 0.5) is 0 Å². The number of H-pyrrole nitrogens is 1. The molecule has 0 saturated carbocycles. The molecule has 7 heteroatoms. The van der Waals surface area contributed by atoms with Crippen molar-refractivity contribution < 1.29 is 4.74 Å². The summed E-state index contributed by atoms with van der Waals surface area (Å²) in [6.45, 7) is 5.68. The van der Waals surface area contributed by atoms with Crippen LogP contribution in [0.25, 0.3) is 10.8 Å². The number of nitrogens with one attached hydrogen (secondary N) is 1. The largest absolute Gasteiger partial charge is 0.383 e. The summed E-state index contributed by atoms with van der Waals surface area (Å²) in [5.41, 5.74) is 4.58. The molecule has 0 fully saturated rings. The summed E-state index contributed by atoms with van der Waals surface area (Å²) in [6.07, 6.45) is 2.49. The van der Waals surface area contributed by atoms with Gasteiger partial charge in [0, 0.05) is 37.0 Å². The molecule has 0 bridgehead atoms. The van der Waals surface area contributed by atoms with Crippen LogP contribution in [0.2, 0.25) is 0 Å². The number of rotatable bonds is 7. The summed E-state index contributed by atoms with van der Waals surface area (Å²) in [6, 6.07) is 16.8. The molecule has 0 spiro atoms. The predicted molar refractivity (Wildman–Crippen MR) is 123 cm³/mol. The number of hydrogen-bond acceptors (Lipinski definition) is 4. The maximum absolute atomic E-state index is 5.43. The van der Waals surface area contributed by atoms with E-state index in [-0.39, 0.29) is 0 Å². The highest BCUT2D eigenvalue weighted by atomic mass is 32.1. The lowest BCUT2D eigenvalue weighted by atomic mass is 10.0. The molecule has 2 heterocycles. The van der Waals surface area contributed by atoms with Crippen molar-refractivity contribution in [1.82, 2.24) is 19.4 Å². The SMILES string of the molecule is COCCn1c(C)cc(/C=N/n2c(Cc3cccc4ccccc34)n[nH]c2=S)c1C. The number of benzene rings is 2. The van der Waals surface area contributed by atoms with Crippen LogP contribution in [0.5, 0.6) is 0 Å². The summed E-state index contributed by atoms with van der Waals surface area (Å²) in [5.74, 6) is 0.779. The average Bonchev–Trinajstić information content (AvgIpc) is 3.23. The summed E-state index contributed by atoms with van der Waals surface area (Å²) in [7, 11) is 1.72. The maximum Gasteiger partial charge on any atom is 0.216 e. The molecule has 1 N–H and O–H groups in total. The van der Waals surface area contributed by atoms with Crippen LogP contribution in [-0.4, -0.2) is 39.4 Å². The maximum atomic E-state index is 5.43. The van der Waals surface area contributed by atoms with Crippen molar-refractivity contribution in [2.45, 2.75) is 26.8 Å². The molecule has 30 heavy (non-hydrogen) atoms. The number of methoxy groups -OCH3 is 1. The van der Waals surface area contributed by atoms with Gasteiger partial charge in [0.25, 0.3) is 0 Å². The summed E-state index contributed by atoms with van der Waals surface area (Å²) >= 11 is 5.43. The molecular formula is C23H25N5OS. The Kier molecular flexibility index (Phi) is 5.92. The Labute approximate surface area is 180 Å². The first-order valence-corrected chi connectivity index (χ1v) is 10.3. The Morgan fingerprint density at radius 2 is 1.97 bits per heavy atom. The number of nitrogens with zero attached hydrogens (tertiary/aromatic N) is 4. The molecule has 6 nitrogen and oxygen atoms in total. The van der Waals surface area contributed by atoms with Gasteiger partial charge in [-0.3, -0.25) is 5.10 Å². The third-order valence-corrected chi connectivity index (χ3v) is 5.65. The Bertz CT molecular complexity index is 1260. The van der Waals surface area contributed by atoms with E-state index in [9.17, 15) is 0 Å². The molecule has 0 atom stereocenters. The highest BCUT2D eigenvalue weighted by molar-refractivity contribution is 7.71. The van der Waals surface area contributed by atoms with Crippen molar-refractivity contribution in [3.63, 3.8) is 0 Å². The first-order chi connectivity index (χ1) is 14.6. The van der Waals surface area contributed by atoms with Crippen LogP contribution in [0.3, 0.4) is 0 Å². The minimum atomic E-state index is 0.481. The first-order valence-electron chi connectivity index (χ1n) is 9.91. The standard InChI is InChI=1S/C23H25N5OS/c1-16-13-20(17(2)27(16)11-12-29-3)15-24-28-22(25-26-23(28)30)14-19-9-6-8-18-7-4-5-10-21(18)19/h4-10,13,15H,11-12,14H2,1-3H3,(H,26,30)/b24-15+. The molecule has 0 aliphatic heterocycles. The number of aryl methyl sites for hydroxylation is 1. The van der Waals surface area contributed by atoms with E-state index in [0.717, 1.165) is 23.6 Å². The van der Waals surface area contributed by atoms with Gasteiger partial charge in [0.15, 0.2) is 5.82 Å². The quantitative estimate of drug-likeness (QED) is 0.351. The Hall–Kier alpha value is -3.03. The zero-order valence-electron chi connectivity index (χ0n) is 17.4. The van der Waals surface area contributed by atoms with Crippen molar-refractivity contribution in [2.24, 2.45) is 5.10 Å². The summed E-state index contributed by atoms with van der Waals surface area (Å²) in [4.78, 5) is 0. The minimum absolute atomic E-state index is 0.481. The fraction of sp³-hybridized carbons (Fsp3) is 0.261. The molecule has 0 aliphatic rings. The molecule has 0 unspecified atom stereocenters. The average molecular weight is 420 g/mol. The molecule has 0 amide bonds. The van der Waals surface area contributed by atoms with E-state index in [1.165, 1.54) is 22.0 Å². The molecule has 0 aliphatic carbocycles. The second-order valence-electron chi connectivity index (χ2n) is 7.29. The summed E-state index contributed by atoms with van der Waals surface area (Å²) in [5, 5.41) is 14.4. The first kappa shape index (κ1) is 20.3. The van der Waals surface area contributed by atoms with Gasteiger partial charge in [-0.05, 0) is 48.5 Å². The van der Waals surface area contributed by atoms with E-state index < -0.39 is 0 Å². The topological polar surface area (TPSA) is 60.1 Å². The van der Waals surface area contributed by atoms with Crippen LogP contribution < -0.4 is 0 Å². The van der Waals surface area contributed by atoms with Crippen LogP contribution in [0.1, 0.15) is 28.3 Å². The summed E-state index contributed by atoms with van der Waals surface area (Å²) < 4.78 is 9.64. The third kappa shape index (κ3) is 3.99. The van der Waals surface area contributed by atoms with Gasteiger partial charge in [0.05, 0.1) is 12.8 Å². The van der Waals surface area contributed by atoms with Crippen molar-refractivity contribution in [3.05, 3.63) is 81.6 Å². The van der Waals surface area contributed by atoms with Crippen molar-refractivity contribution in [1.29, 1.82) is 0 Å². The molecule has 4 rings (SSSR count). The minimum Gasteiger partial charge on any atom is -0.383 e. The van der Waals surface area contributed by atoms with Crippen molar-refractivity contribution in [2.75, 3.05) is 13.7 Å². The van der Waals surface area contributed by atoms with Crippen LogP contribution >= 0.6 is 12.2 Å². The zero-order chi connectivity index (χ0) is 21.1. The molecule has 2 aromatic carbocycles. The molecule has 4 aromatic rings. The molecule has 154 valence electrons. The lowest BCUT2D eigenvalue weighted by Gasteiger charge is -2.08. The molecular weight excluding hydrogens is 394 g/mol. The lowest BCUT2D eigenvalue weighted by molar-refractivity contribution is 0.186. The van der Waals surface area contributed by atoms with Crippen LogP contribution in [0, 0.1) is 18.6 Å². The van der Waals surface area contributed by atoms with Crippen molar-refractivity contribution in [3.8, 4) is 0 Å². The van der Waals surface area contributed by atoms with Gasteiger partial charge in [-0.2, -0.15) is 14.9 Å². The van der Waals surface area contributed by atoms with Crippen LogP contribution in [0.15, 0.2) is 53.6 Å². The van der Waals surface area contributed by atoms with E-state index in [1.807, 2.05) is 6.21 Å². The Morgan fingerprint density at radius 3 is 2.80 bits per heavy atom. The van der Waals surface area contributed by atoms with Crippen LogP contribution in [-0.2, 0) is 17.7 Å². The van der Waals surface area contributed by atoms with E-state index in [4.69, 9.17) is 17.0 Å². The van der Waals surface area contributed by atoms with E-state index in [1.54, 1.807) is 11.8 Å². The van der Waals surface area contributed by atoms with Gasteiger partial charge in [-0.25, -0.2) is 0 Å². The monoisotopic (exact) mass is 419 g/mol. The Morgan fingerprint density at radius 1 is 1.17 bits per heavy atom. The van der Waals surface area contributed by atoms with Gasteiger partial charge in [0.1, 0.15) is 0 Å². The number of fused-ring (bicyclic) bond motifs is 1. The fourth-order valence-electron chi connectivity index (χ4n) is 3.78. The van der Waals surface area contributed by atoms with Gasteiger partial charge < -0.3 is 9.30 Å². The Balaban J connectivity index is 1.64. The third-order valence-electron chi connectivity index (χ3n) is 5.39. The van der Waals surface area contributed by atoms with Gasteiger partial charge >= 0.3 is 0 Å². The molecule has 2 aromatic heterocycles. The zero-order valence-corrected chi connectivity index (χ0v) is 18.2. The number of aromatic amines is 1. The van der Waals surface area contributed by atoms with Crippen molar-refractivity contribution >= 4 is 29.2 Å². The number of aromatic nitrogens is 4. The highest BCUT2D eigenvalue weighted by Crippen LogP contribution is 2.21. The fourth-order valence-corrected chi connectivity index (χ4v) is 3.98. The number of ether oxygens (including phenoxy) is 1. The van der Waals surface area contributed by atoms with E-state index in [0.29, 0.717) is 17.8 Å². The van der Waals surface area contributed by atoms with Gasteiger partial charge in [-0.15, -0.1) is 0 Å². The van der Waals surface area contributed by atoms with Gasteiger partial charge in [-0.1, -0.05) is 42.5 Å². The lowest BCUT2D eigenvalue weighted by Crippen LogP contribution is -2.07. The van der Waals surface area contributed by atoms with E-state index >= 15 is 0 Å². The molecule has 0 radical (unpaired) electrons. The number of hydrogen-bond donors (Lipinski definition) is 1. The second-order valence-corrected chi connectivity index (χ2v) is 7.67. The predicted octanol–water partition coefficient (Wildman–Crippen LogP) is 4.63. The highest BCUT2D eigenvalue weighted by Gasteiger charge is 2.10. The normalized spacial score (nSPS) is 11.7. The second kappa shape index (κ2) is 8.77. The molecule has 0 saturated heterocycles.